The third kappa shape index (κ3) is 5.50. The first kappa shape index (κ1) is 16.0. The number of carbonyl (C=O) groups is 1. The minimum atomic E-state index is 0.175. The van der Waals surface area contributed by atoms with Gasteiger partial charge in [0.05, 0.1) is 0 Å². The predicted octanol–water partition coefficient (Wildman–Crippen LogP) is 2.86. The van der Waals surface area contributed by atoms with Gasteiger partial charge in [0.1, 0.15) is 0 Å². The van der Waals surface area contributed by atoms with E-state index in [0.29, 0.717) is 12.3 Å². The second-order valence-corrected chi connectivity index (χ2v) is 6.39. The van der Waals surface area contributed by atoms with Crippen molar-refractivity contribution in [2.45, 2.75) is 45.4 Å². The molecule has 116 valence electrons. The summed E-state index contributed by atoms with van der Waals surface area (Å²) in [5, 5.41) is 6.40. The molecule has 1 heterocycles. The third-order valence-corrected chi connectivity index (χ3v) is 4.32. The highest BCUT2D eigenvalue weighted by Gasteiger charge is 2.14. The van der Waals surface area contributed by atoms with Crippen LogP contribution in [0.1, 0.15) is 50.2 Å². The number of nitrogens with one attached hydrogen (secondary N) is 2. The molecule has 0 saturated carbocycles. The molecule has 0 aliphatic carbocycles. The lowest BCUT2D eigenvalue weighted by Crippen LogP contribution is -2.26. The molecule has 3 heteroatoms. The summed E-state index contributed by atoms with van der Waals surface area (Å²) in [4.78, 5) is 11.8. The second-order valence-electron chi connectivity index (χ2n) is 6.39. The van der Waals surface area contributed by atoms with Gasteiger partial charge in [-0.25, -0.2) is 0 Å². The molecule has 1 unspecified atom stereocenters. The first-order chi connectivity index (χ1) is 10.1. The summed E-state index contributed by atoms with van der Waals surface area (Å²) in [6, 6.07) is 8.63. The maximum Gasteiger partial charge on any atom is 0.220 e. The van der Waals surface area contributed by atoms with E-state index in [1.54, 1.807) is 0 Å². The van der Waals surface area contributed by atoms with E-state index in [2.05, 4.69) is 48.7 Å². The van der Waals surface area contributed by atoms with Crippen LogP contribution in [-0.4, -0.2) is 25.5 Å². The second kappa shape index (κ2) is 8.18. The van der Waals surface area contributed by atoms with Crippen LogP contribution in [0.25, 0.3) is 0 Å². The standard InChI is InChI=1S/C18H28N2O/c1-14(2)17-6-3-15(4-7-17)5-8-18(21)20-12-10-16-9-11-19-13-16/h3-4,6-7,14,16,19H,5,8-13H2,1-2H3,(H,20,21). The van der Waals surface area contributed by atoms with Crippen molar-refractivity contribution in [1.82, 2.24) is 10.6 Å². The molecule has 0 radical (unpaired) electrons. The van der Waals surface area contributed by atoms with Crippen molar-refractivity contribution in [3.8, 4) is 0 Å². The normalized spacial score (nSPS) is 18.1. The molecule has 3 nitrogen and oxygen atoms in total. The van der Waals surface area contributed by atoms with Gasteiger partial charge in [0.25, 0.3) is 0 Å². The van der Waals surface area contributed by atoms with E-state index < -0.39 is 0 Å². The Balaban J connectivity index is 1.63. The molecule has 1 aromatic rings. The van der Waals surface area contributed by atoms with E-state index in [-0.39, 0.29) is 5.91 Å². The third-order valence-electron chi connectivity index (χ3n) is 4.32. The van der Waals surface area contributed by atoms with Gasteiger partial charge in [-0.15, -0.1) is 0 Å². The largest absolute Gasteiger partial charge is 0.356 e. The van der Waals surface area contributed by atoms with Gasteiger partial charge in [-0.1, -0.05) is 38.1 Å². The fourth-order valence-electron chi connectivity index (χ4n) is 2.79. The minimum absolute atomic E-state index is 0.175. The van der Waals surface area contributed by atoms with Crippen molar-refractivity contribution in [1.29, 1.82) is 0 Å². The molecule has 1 fully saturated rings. The zero-order valence-corrected chi connectivity index (χ0v) is 13.3. The van der Waals surface area contributed by atoms with E-state index in [4.69, 9.17) is 0 Å². The van der Waals surface area contributed by atoms with Crippen LogP contribution < -0.4 is 10.6 Å². The Bertz CT molecular complexity index is 433. The van der Waals surface area contributed by atoms with Gasteiger partial charge in [-0.05, 0) is 55.3 Å². The van der Waals surface area contributed by atoms with Gasteiger partial charge in [0, 0.05) is 13.0 Å². The Kier molecular flexibility index (Phi) is 6.24. The number of hydrogen-bond donors (Lipinski definition) is 2. The Labute approximate surface area is 128 Å². The van der Waals surface area contributed by atoms with E-state index in [0.717, 1.165) is 38.4 Å². The molecular formula is C18H28N2O. The van der Waals surface area contributed by atoms with Crippen molar-refractivity contribution in [3.63, 3.8) is 0 Å². The zero-order chi connectivity index (χ0) is 15.1. The molecule has 2 N–H and O–H groups in total. The maximum absolute atomic E-state index is 11.8. The van der Waals surface area contributed by atoms with Crippen molar-refractivity contribution in [2.24, 2.45) is 5.92 Å². The number of amides is 1. The van der Waals surface area contributed by atoms with E-state index in [1.807, 2.05) is 0 Å². The molecule has 0 spiro atoms. The number of rotatable bonds is 7. The van der Waals surface area contributed by atoms with Gasteiger partial charge in [-0.3, -0.25) is 4.79 Å². The lowest BCUT2D eigenvalue weighted by molar-refractivity contribution is -0.121. The van der Waals surface area contributed by atoms with E-state index in [1.165, 1.54) is 17.5 Å². The Hall–Kier alpha value is -1.35. The first-order valence-electron chi connectivity index (χ1n) is 8.21. The molecule has 1 amide bonds. The van der Waals surface area contributed by atoms with Gasteiger partial charge in [0.15, 0.2) is 0 Å². The average Bonchev–Trinajstić information content (AvgIpc) is 2.99. The average molecular weight is 288 g/mol. The van der Waals surface area contributed by atoms with E-state index >= 15 is 0 Å². The van der Waals surface area contributed by atoms with Crippen LogP contribution in [0.5, 0.6) is 0 Å². The molecule has 21 heavy (non-hydrogen) atoms. The molecule has 1 aliphatic rings. The fraction of sp³-hybridized carbons (Fsp3) is 0.611. The van der Waals surface area contributed by atoms with Crippen LogP contribution in [0.3, 0.4) is 0 Å². The summed E-state index contributed by atoms with van der Waals surface area (Å²) in [5.41, 5.74) is 2.60. The number of hydrogen-bond acceptors (Lipinski definition) is 2. The molecular weight excluding hydrogens is 260 g/mol. The molecule has 1 saturated heterocycles. The molecule has 0 aromatic heterocycles. The summed E-state index contributed by atoms with van der Waals surface area (Å²) >= 11 is 0. The highest BCUT2D eigenvalue weighted by molar-refractivity contribution is 5.76. The topological polar surface area (TPSA) is 41.1 Å². The van der Waals surface area contributed by atoms with Gasteiger partial charge in [0.2, 0.25) is 5.91 Å². The van der Waals surface area contributed by atoms with Crippen molar-refractivity contribution >= 4 is 5.91 Å². The summed E-state index contributed by atoms with van der Waals surface area (Å²) < 4.78 is 0. The van der Waals surface area contributed by atoms with Crippen molar-refractivity contribution in [3.05, 3.63) is 35.4 Å². The quantitative estimate of drug-likeness (QED) is 0.810. The van der Waals surface area contributed by atoms with Gasteiger partial charge < -0.3 is 10.6 Å². The molecule has 1 aromatic carbocycles. The highest BCUT2D eigenvalue weighted by atomic mass is 16.1. The van der Waals surface area contributed by atoms with Gasteiger partial charge >= 0.3 is 0 Å². The predicted molar refractivity (Wildman–Crippen MR) is 87.5 cm³/mol. The smallest absolute Gasteiger partial charge is 0.220 e. The van der Waals surface area contributed by atoms with E-state index in [9.17, 15) is 4.79 Å². The lowest BCUT2D eigenvalue weighted by Gasteiger charge is -2.10. The SMILES string of the molecule is CC(C)c1ccc(CCC(=O)NCCC2CCNC2)cc1. The Morgan fingerprint density at radius 2 is 2.10 bits per heavy atom. The molecule has 2 rings (SSSR count). The first-order valence-corrected chi connectivity index (χ1v) is 8.21. The van der Waals surface area contributed by atoms with Crippen LogP contribution in [0.4, 0.5) is 0 Å². The van der Waals surface area contributed by atoms with Crippen LogP contribution in [0, 0.1) is 5.92 Å². The zero-order valence-electron chi connectivity index (χ0n) is 13.3. The van der Waals surface area contributed by atoms with Gasteiger partial charge in [-0.2, -0.15) is 0 Å². The number of carbonyl (C=O) groups excluding carboxylic acids is 1. The lowest BCUT2D eigenvalue weighted by atomic mass is 10.0. The summed E-state index contributed by atoms with van der Waals surface area (Å²) in [5.74, 6) is 1.48. The summed E-state index contributed by atoms with van der Waals surface area (Å²) in [6.45, 7) is 7.45. The van der Waals surface area contributed by atoms with Crippen LogP contribution >= 0.6 is 0 Å². The number of benzene rings is 1. The highest BCUT2D eigenvalue weighted by Crippen LogP contribution is 2.15. The summed E-state index contributed by atoms with van der Waals surface area (Å²) in [7, 11) is 0. The van der Waals surface area contributed by atoms with Crippen LogP contribution in [-0.2, 0) is 11.2 Å². The molecule has 0 bridgehead atoms. The van der Waals surface area contributed by atoms with Crippen molar-refractivity contribution < 1.29 is 4.79 Å². The van der Waals surface area contributed by atoms with Crippen LogP contribution in [0.15, 0.2) is 24.3 Å². The van der Waals surface area contributed by atoms with Crippen LogP contribution in [0.2, 0.25) is 0 Å². The van der Waals surface area contributed by atoms with Crippen molar-refractivity contribution in [2.75, 3.05) is 19.6 Å². The molecule has 1 atom stereocenters. The molecule has 1 aliphatic heterocycles. The summed E-state index contributed by atoms with van der Waals surface area (Å²) in [6.07, 6.45) is 3.76. The minimum Gasteiger partial charge on any atom is -0.356 e. The Morgan fingerprint density at radius 3 is 2.71 bits per heavy atom. The number of aryl methyl sites for hydroxylation is 1. The Morgan fingerprint density at radius 1 is 1.33 bits per heavy atom. The maximum atomic E-state index is 11.8. The fourth-order valence-corrected chi connectivity index (χ4v) is 2.79. The monoisotopic (exact) mass is 288 g/mol.